The quantitative estimate of drug-likeness (QED) is 0.163. The van der Waals surface area contributed by atoms with Gasteiger partial charge in [-0.25, -0.2) is 12.2 Å². The molecule has 0 spiro atoms. The van der Waals surface area contributed by atoms with Gasteiger partial charge in [-0.2, -0.15) is 6.08 Å². The van der Waals surface area contributed by atoms with Crippen LogP contribution in [0.5, 0.6) is 0 Å². The standard InChI is InChI=1S/C33H33.C11H8.C5H5.2ClH.Zr/c1-32(2,3)30-20-26-24(18-28(30)22-13-9-7-10-14-22)17-25-19-29(23-15-11-8-12-16-23)31(21-27(25)26)33(4,5)6;1-9-5-4-7-10-6-2-3-8-11(9)10;1-2-4-5-3-1;;;/h7-21H,1-6H3;1-8H;1-3H,4H2;2*1H;/q-1;;-1;;;+2/p-2. The van der Waals surface area contributed by atoms with Gasteiger partial charge in [0.05, 0.1) is 0 Å². The predicted molar refractivity (Wildman–Crippen MR) is 216 cm³/mol. The van der Waals surface area contributed by atoms with Crippen molar-refractivity contribution in [2.24, 2.45) is 0 Å². The van der Waals surface area contributed by atoms with E-state index in [0.717, 1.165) is 6.42 Å². The normalized spacial score (nSPS) is 12.0. The molecule has 0 amide bonds. The Morgan fingerprint density at radius 3 is 1.48 bits per heavy atom. The van der Waals surface area contributed by atoms with E-state index in [1.54, 1.807) is 0 Å². The van der Waals surface area contributed by atoms with Crippen molar-refractivity contribution < 1.29 is 49.0 Å². The Bertz CT molecular complexity index is 2190. The van der Waals surface area contributed by atoms with Crippen molar-refractivity contribution in [2.45, 2.75) is 58.8 Å². The SMILES string of the molecule is CC(C)(C)c1cc2c(cc1-c1ccccc1)[cH-]c1cc(-c3ccccc3)c(C(C)(C)C)cc12.[C-]1=CC=CC1.[Cl-].[Cl-].[Zr+2]=[CH]c1cccc2ccccc12. The van der Waals surface area contributed by atoms with Gasteiger partial charge in [-0.15, -0.1) is 46.2 Å². The van der Waals surface area contributed by atoms with Crippen LogP contribution < -0.4 is 24.8 Å². The summed E-state index contributed by atoms with van der Waals surface area (Å²) in [6.45, 7) is 13.9. The molecule has 0 nitrogen and oxygen atoms in total. The minimum atomic E-state index is 0. The third kappa shape index (κ3) is 9.43. The van der Waals surface area contributed by atoms with Crippen LogP contribution in [0.15, 0.2) is 152 Å². The molecule has 7 aromatic carbocycles. The van der Waals surface area contributed by atoms with Crippen LogP contribution in [0.25, 0.3) is 54.6 Å². The van der Waals surface area contributed by atoms with E-state index >= 15 is 0 Å². The van der Waals surface area contributed by atoms with Crippen molar-refractivity contribution in [1.29, 1.82) is 0 Å². The van der Waals surface area contributed by atoms with E-state index in [-0.39, 0.29) is 35.6 Å². The van der Waals surface area contributed by atoms with Gasteiger partial charge in [0.1, 0.15) is 0 Å². The first kappa shape index (κ1) is 41.0. The zero-order valence-corrected chi connectivity index (χ0v) is 34.9. The minimum absolute atomic E-state index is 0. The molecule has 262 valence electrons. The maximum absolute atomic E-state index is 2.99. The summed E-state index contributed by atoms with van der Waals surface area (Å²) < 4.78 is 2.23. The van der Waals surface area contributed by atoms with Crippen LogP contribution in [-0.4, -0.2) is 3.71 Å². The fourth-order valence-electron chi connectivity index (χ4n) is 6.78. The Balaban J connectivity index is 0.000000262. The summed E-state index contributed by atoms with van der Waals surface area (Å²) in [6.07, 6.45) is 10.0. The molecular weight excluding hydrogens is 751 g/mol. The fraction of sp³-hybridized carbons (Fsp3) is 0.184. The van der Waals surface area contributed by atoms with E-state index in [9.17, 15) is 0 Å². The molecule has 0 heterocycles. The Labute approximate surface area is 338 Å². The summed E-state index contributed by atoms with van der Waals surface area (Å²) in [5.74, 6) is 0. The summed E-state index contributed by atoms with van der Waals surface area (Å²) in [5.41, 5.74) is 9.52. The molecule has 3 heteroatoms. The maximum atomic E-state index is 2.99. The molecule has 1 aliphatic carbocycles. The first-order chi connectivity index (χ1) is 24.0. The molecule has 8 rings (SSSR count). The molecule has 0 saturated carbocycles. The number of hydrogen-bond acceptors (Lipinski definition) is 0. The Morgan fingerprint density at radius 2 is 1.06 bits per heavy atom. The predicted octanol–water partition coefficient (Wildman–Crippen LogP) is 7.49. The van der Waals surface area contributed by atoms with Gasteiger partial charge in [0.2, 0.25) is 0 Å². The second kappa shape index (κ2) is 17.9. The molecule has 0 radical (unpaired) electrons. The van der Waals surface area contributed by atoms with Crippen LogP contribution in [-0.2, 0) is 35.1 Å². The average molecular weight is 797 g/mol. The summed E-state index contributed by atoms with van der Waals surface area (Å²) in [5, 5.41) is 8.05. The zero-order chi connectivity index (χ0) is 35.3. The average Bonchev–Trinajstić information content (AvgIpc) is 3.82. The van der Waals surface area contributed by atoms with Gasteiger partial charge in [0, 0.05) is 0 Å². The number of hydrogen-bond donors (Lipinski definition) is 0. The number of fused-ring (bicyclic) bond motifs is 4. The molecule has 7 aromatic rings. The summed E-state index contributed by atoms with van der Waals surface area (Å²) in [4.78, 5) is 0. The van der Waals surface area contributed by atoms with Gasteiger partial charge in [-0.05, 0) is 44.2 Å². The van der Waals surface area contributed by atoms with Gasteiger partial charge in [-0.1, -0.05) is 114 Å². The van der Waals surface area contributed by atoms with Crippen LogP contribution in [0, 0.1) is 6.08 Å². The molecule has 0 unspecified atom stereocenters. The summed E-state index contributed by atoms with van der Waals surface area (Å²) in [6, 6.07) is 48.6. The van der Waals surface area contributed by atoms with E-state index in [1.807, 2.05) is 12.2 Å². The molecule has 0 aromatic heterocycles. The first-order valence-electron chi connectivity index (χ1n) is 17.6. The molecule has 0 atom stereocenters. The van der Waals surface area contributed by atoms with E-state index < -0.39 is 0 Å². The van der Waals surface area contributed by atoms with Crippen molar-refractivity contribution in [1.82, 2.24) is 0 Å². The van der Waals surface area contributed by atoms with Crippen LogP contribution in [0.1, 0.15) is 64.7 Å². The van der Waals surface area contributed by atoms with Crippen molar-refractivity contribution in [2.75, 3.05) is 0 Å². The zero-order valence-electron chi connectivity index (χ0n) is 31.0. The van der Waals surface area contributed by atoms with Crippen LogP contribution >= 0.6 is 0 Å². The van der Waals surface area contributed by atoms with Gasteiger partial charge in [0.15, 0.2) is 0 Å². The molecule has 0 fully saturated rings. The first-order valence-corrected chi connectivity index (χ1v) is 19.0. The molecule has 0 aliphatic heterocycles. The molecule has 0 saturated heterocycles. The van der Waals surface area contributed by atoms with Gasteiger partial charge in [0.25, 0.3) is 0 Å². The third-order valence-electron chi connectivity index (χ3n) is 9.33. The van der Waals surface area contributed by atoms with Crippen molar-refractivity contribution in [3.63, 3.8) is 0 Å². The Morgan fingerprint density at radius 1 is 0.577 bits per heavy atom. The summed E-state index contributed by atoms with van der Waals surface area (Å²) in [7, 11) is 0. The number of halogens is 2. The van der Waals surface area contributed by atoms with Crippen molar-refractivity contribution >= 4 is 36.0 Å². The second-order valence-electron chi connectivity index (χ2n) is 15.1. The topological polar surface area (TPSA) is 0 Å². The number of benzene rings is 6. The van der Waals surface area contributed by atoms with E-state index in [0.29, 0.717) is 0 Å². The van der Waals surface area contributed by atoms with E-state index in [1.165, 1.54) is 95.5 Å². The van der Waals surface area contributed by atoms with E-state index in [4.69, 9.17) is 0 Å². The number of allylic oxidation sites excluding steroid dienone is 4. The summed E-state index contributed by atoms with van der Waals surface area (Å²) >= 11 is 1.46. The van der Waals surface area contributed by atoms with Gasteiger partial charge in [-0.3, -0.25) is 6.08 Å². The Kier molecular flexibility index (Phi) is 14.1. The molecule has 52 heavy (non-hydrogen) atoms. The monoisotopic (exact) mass is 794 g/mol. The van der Waals surface area contributed by atoms with Crippen LogP contribution in [0.4, 0.5) is 0 Å². The molecule has 1 aliphatic rings. The van der Waals surface area contributed by atoms with Crippen LogP contribution in [0.3, 0.4) is 0 Å². The van der Waals surface area contributed by atoms with Crippen molar-refractivity contribution in [3.8, 4) is 22.3 Å². The van der Waals surface area contributed by atoms with Crippen LogP contribution in [0.2, 0.25) is 0 Å². The molecule has 0 bridgehead atoms. The van der Waals surface area contributed by atoms with Gasteiger partial charge < -0.3 is 24.8 Å². The van der Waals surface area contributed by atoms with Gasteiger partial charge >= 0.3 is 86.7 Å². The third-order valence-corrected chi connectivity index (χ3v) is 10.1. The second-order valence-corrected chi connectivity index (χ2v) is 15.8. The Hall–Kier alpha value is -3.74. The molecular formula is C49H46Cl2Zr-2. The number of rotatable bonds is 3. The van der Waals surface area contributed by atoms with E-state index in [2.05, 4.69) is 191 Å². The fourth-order valence-corrected chi connectivity index (χ4v) is 7.40. The molecule has 0 N–H and O–H groups in total. The van der Waals surface area contributed by atoms with Crippen molar-refractivity contribution in [3.05, 3.63) is 174 Å².